The summed E-state index contributed by atoms with van der Waals surface area (Å²) in [6.07, 6.45) is 12.5. The number of carbonyl (C=O) groups excluding carboxylic acids is 1. The fourth-order valence-electron chi connectivity index (χ4n) is 7.84. The number of benzene rings is 1. The van der Waals surface area contributed by atoms with Gasteiger partial charge in [0, 0.05) is 11.4 Å². The maximum absolute atomic E-state index is 13.4. The molecule has 7 heteroatoms. The van der Waals surface area contributed by atoms with Crippen LogP contribution >= 0.6 is 0 Å². The van der Waals surface area contributed by atoms with Gasteiger partial charge in [-0.3, -0.25) is 9.69 Å². The van der Waals surface area contributed by atoms with Crippen molar-refractivity contribution < 1.29 is 4.79 Å². The Balaban J connectivity index is 1.22. The summed E-state index contributed by atoms with van der Waals surface area (Å²) >= 11 is 0. The molecule has 1 amide bonds. The smallest absolute Gasteiger partial charge is 0.230 e. The molecule has 1 aromatic rings. The lowest BCUT2D eigenvalue weighted by atomic mass is 9.49. The second-order valence-electron chi connectivity index (χ2n) is 11.0. The summed E-state index contributed by atoms with van der Waals surface area (Å²) in [7, 11) is 0. The van der Waals surface area contributed by atoms with Crippen LogP contribution in [0, 0.1) is 23.2 Å². The molecule has 0 aromatic heterocycles. The van der Waals surface area contributed by atoms with E-state index in [1.807, 2.05) is 29.2 Å². The van der Waals surface area contributed by atoms with E-state index in [0.717, 1.165) is 74.1 Å². The third-order valence-electron chi connectivity index (χ3n) is 8.75. The van der Waals surface area contributed by atoms with E-state index in [4.69, 9.17) is 16.5 Å². The molecule has 0 unspecified atom stereocenters. The number of amides is 1. The van der Waals surface area contributed by atoms with E-state index in [1.54, 1.807) is 0 Å². The third-order valence-corrected chi connectivity index (χ3v) is 8.75. The van der Waals surface area contributed by atoms with Crippen molar-refractivity contribution in [2.45, 2.75) is 76.3 Å². The first kappa shape index (κ1) is 20.1. The van der Waals surface area contributed by atoms with Crippen LogP contribution in [0.25, 0.3) is 0 Å². The Morgan fingerprint density at radius 3 is 2.12 bits per heavy atom. The first-order valence-electron chi connectivity index (χ1n) is 12.4. The molecule has 6 aliphatic rings. The van der Waals surface area contributed by atoms with Crippen molar-refractivity contribution in [3.8, 4) is 0 Å². The average Bonchev–Trinajstić information content (AvgIpc) is 2.74. The highest BCUT2D eigenvalue weighted by Gasteiger charge is 2.54. The molecule has 7 rings (SSSR count). The maximum atomic E-state index is 13.4. The van der Waals surface area contributed by atoms with Crippen LogP contribution in [0.4, 0.5) is 11.4 Å². The zero-order valence-corrected chi connectivity index (χ0v) is 18.7. The first-order valence-corrected chi connectivity index (χ1v) is 12.4. The molecule has 5 saturated carbocycles. The zero-order valence-electron chi connectivity index (χ0n) is 18.7. The Labute approximate surface area is 189 Å². The van der Waals surface area contributed by atoms with Crippen LogP contribution < -0.4 is 21.7 Å². The van der Waals surface area contributed by atoms with Gasteiger partial charge in [-0.2, -0.15) is 4.99 Å². The monoisotopic (exact) mass is 434 g/mol. The van der Waals surface area contributed by atoms with Crippen molar-refractivity contribution >= 4 is 29.2 Å². The number of rotatable bonds is 3. The quantitative estimate of drug-likeness (QED) is 0.669. The highest BCUT2D eigenvalue weighted by atomic mass is 16.2. The minimum Gasteiger partial charge on any atom is -0.369 e. The van der Waals surface area contributed by atoms with Crippen LogP contribution in [-0.4, -0.2) is 23.5 Å². The number of nitrogens with zero attached hydrogens (tertiary/aromatic N) is 3. The standard InChI is InChI=1S/C25H34N6O/c26-22-29-23(27)31(25(30-22)8-2-1-3-9-25)20-6-4-19(5-7-20)28-21(32)24-13-16-10-17(14-24)12-18(11-16)15-24/h4-7,16-18H,1-3,8-15H2,(H,28,32)(H4,26,27,29,30). The van der Waals surface area contributed by atoms with Gasteiger partial charge in [-0.1, -0.05) is 6.42 Å². The van der Waals surface area contributed by atoms with Gasteiger partial charge in [0.15, 0.2) is 0 Å². The fourth-order valence-corrected chi connectivity index (χ4v) is 7.84. The number of hydrogen-bond donors (Lipinski definition) is 3. The van der Waals surface area contributed by atoms with E-state index in [9.17, 15) is 4.79 Å². The summed E-state index contributed by atoms with van der Waals surface area (Å²) in [5.74, 6) is 3.16. The molecular formula is C25H34N6O. The third kappa shape index (κ3) is 3.20. The predicted molar refractivity (Wildman–Crippen MR) is 127 cm³/mol. The lowest BCUT2D eigenvalue weighted by Crippen LogP contribution is -2.58. The van der Waals surface area contributed by atoms with E-state index < -0.39 is 5.66 Å². The van der Waals surface area contributed by atoms with E-state index >= 15 is 0 Å². The second kappa shape index (κ2) is 7.22. The van der Waals surface area contributed by atoms with E-state index in [-0.39, 0.29) is 17.3 Å². The molecule has 1 heterocycles. The van der Waals surface area contributed by atoms with Crippen LogP contribution in [0.5, 0.6) is 0 Å². The van der Waals surface area contributed by atoms with Crippen molar-refractivity contribution in [2.75, 3.05) is 10.2 Å². The Morgan fingerprint density at radius 2 is 1.53 bits per heavy atom. The number of nitrogens with one attached hydrogen (secondary N) is 1. The Morgan fingerprint density at radius 1 is 0.938 bits per heavy atom. The second-order valence-corrected chi connectivity index (χ2v) is 11.0. The van der Waals surface area contributed by atoms with Crippen LogP contribution in [0.2, 0.25) is 0 Å². The highest BCUT2D eigenvalue weighted by Crippen LogP contribution is 2.60. The van der Waals surface area contributed by atoms with Crippen LogP contribution in [-0.2, 0) is 4.79 Å². The molecule has 5 fully saturated rings. The van der Waals surface area contributed by atoms with E-state index in [0.29, 0.717) is 5.96 Å². The van der Waals surface area contributed by atoms with Crippen LogP contribution in [0.3, 0.4) is 0 Å². The lowest BCUT2D eigenvalue weighted by molar-refractivity contribution is -0.140. The highest BCUT2D eigenvalue weighted by molar-refractivity contribution is 6.05. The summed E-state index contributed by atoms with van der Waals surface area (Å²) < 4.78 is 0. The lowest BCUT2D eigenvalue weighted by Gasteiger charge is -2.55. The van der Waals surface area contributed by atoms with Crippen LogP contribution in [0.1, 0.15) is 70.6 Å². The normalized spacial score (nSPS) is 34.9. The first-order chi connectivity index (χ1) is 15.4. The zero-order chi connectivity index (χ0) is 21.9. The summed E-state index contributed by atoms with van der Waals surface area (Å²) in [6, 6.07) is 8.01. The van der Waals surface area contributed by atoms with E-state index in [2.05, 4.69) is 10.3 Å². The molecule has 4 bridgehead atoms. The minimum atomic E-state index is -0.446. The SMILES string of the molecule is NC1=NC2(CCCCC2)N(c2ccc(NC(=O)C34CC5CC(CC(C5)C3)C4)cc2)C(N)=N1. The maximum Gasteiger partial charge on any atom is 0.230 e. The van der Waals surface area contributed by atoms with Gasteiger partial charge in [0.1, 0.15) is 5.66 Å². The van der Waals surface area contributed by atoms with Gasteiger partial charge in [0.25, 0.3) is 0 Å². The van der Waals surface area contributed by atoms with E-state index in [1.165, 1.54) is 25.7 Å². The Hall–Kier alpha value is -2.57. The van der Waals surface area contributed by atoms with Crippen molar-refractivity contribution in [2.24, 2.45) is 44.6 Å². The largest absolute Gasteiger partial charge is 0.369 e. The molecule has 0 atom stereocenters. The van der Waals surface area contributed by atoms with Crippen LogP contribution in [0.15, 0.2) is 34.3 Å². The number of aliphatic imine (C=N–C) groups is 2. The molecule has 0 radical (unpaired) electrons. The molecular weight excluding hydrogens is 400 g/mol. The molecule has 5 N–H and O–H groups in total. The molecule has 1 spiro atoms. The van der Waals surface area contributed by atoms with Crippen molar-refractivity contribution in [1.82, 2.24) is 0 Å². The van der Waals surface area contributed by atoms with Gasteiger partial charge < -0.3 is 16.8 Å². The van der Waals surface area contributed by atoms with Gasteiger partial charge in [-0.05, 0) is 106 Å². The molecule has 32 heavy (non-hydrogen) atoms. The summed E-state index contributed by atoms with van der Waals surface area (Å²) in [5, 5.41) is 3.25. The number of hydrogen-bond acceptors (Lipinski definition) is 6. The van der Waals surface area contributed by atoms with Gasteiger partial charge >= 0.3 is 0 Å². The topological polar surface area (TPSA) is 109 Å². The predicted octanol–water partition coefficient (Wildman–Crippen LogP) is 3.95. The summed E-state index contributed by atoms with van der Waals surface area (Å²) in [6.45, 7) is 0. The fraction of sp³-hybridized carbons (Fsp3) is 0.640. The number of carbonyl (C=O) groups is 1. The molecule has 7 nitrogen and oxygen atoms in total. The number of guanidine groups is 2. The Kier molecular flexibility index (Phi) is 4.53. The van der Waals surface area contributed by atoms with Gasteiger partial charge in [-0.25, -0.2) is 4.99 Å². The molecule has 170 valence electrons. The summed E-state index contributed by atoms with van der Waals surface area (Å²) in [5.41, 5.74) is 13.5. The van der Waals surface area contributed by atoms with Crippen molar-refractivity contribution in [1.29, 1.82) is 0 Å². The van der Waals surface area contributed by atoms with Crippen molar-refractivity contribution in [3.05, 3.63) is 24.3 Å². The van der Waals surface area contributed by atoms with Gasteiger partial charge in [-0.15, -0.1) is 0 Å². The number of anilines is 2. The Bertz CT molecular complexity index is 939. The minimum absolute atomic E-state index is 0.143. The molecule has 5 aliphatic carbocycles. The van der Waals surface area contributed by atoms with Gasteiger partial charge in [0.2, 0.25) is 17.8 Å². The number of nitrogens with two attached hydrogens (primary N) is 2. The molecule has 1 aromatic carbocycles. The molecule has 1 aliphatic heterocycles. The average molecular weight is 435 g/mol. The van der Waals surface area contributed by atoms with Gasteiger partial charge in [0.05, 0.1) is 5.41 Å². The van der Waals surface area contributed by atoms with Crippen molar-refractivity contribution in [3.63, 3.8) is 0 Å². The summed E-state index contributed by atoms with van der Waals surface area (Å²) in [4.78, 5) is 24.4. The molecule has 0 saturated heterocycles.